The highest BCUT2D eigenvalue weighted by Gasteiger charge is 2.34. The lowest BCUT2D eigenvalue weighted by Crippen LogP contribution is -2.17. The molecule has 0 saturated carbocycles. The van der Waals surface area contributed by atoms with Gasteiger partial charge < -0.3 is 5.11 Å². The number of hydrogen-bond donors (Lipinski definition) is 2. The van der Waals surface area contributed by atoms with E-state index in [2.05, 4.69) is 20.5 Å². The van der Waals surface area contributed by atoms with Crippen LogP contribution in [0.15, 0.2) is 94.0 Å². The van der Waals surface area contributed by atoms with E-state index in [1.54, 1.807) is 42.5 Å². The number of nitro benzene ring substituents is 1. The fourth-order valence-electron chi connectivity index (χ4n) is 3.21. The number of aromatic nitrogens is 2. The summed E-state index contributed by atoms with van der Waals surface area (Å²) >= 11 is 0.612. The Morgan fingerprint density at radius 3 is 2.42 bits per heavy atom. The summed E-state index contributed by atoms with van der Waals surface area (Å²) in [5.74, 6) is -0.943. The van der Waals surface area contributed by atoms with E-state index in [0.29, 0.717) is 17.3 Å². The van der Waals surface area contributed by atoms with Gasteiger partial charge in [0.1, 0.15) is 11.4 Å². The number of halogens is 3. The zero-order valence-electron chi connectivity index (χ0n) is 19.1. The van der Waals surface area contributed by atoms with Crippen LogP contribution >= 0.6 is 11.8 Å². The second-order valence-electron chi connectivity index (χ2n) is 7.59. The van der Waals surface area contributed by atoms with E-state index in [4.69, 9.17) is 0 Å². The first kappa shape index (κ1) is 26.3. The zero-order valence-corrected chi connectivity index (χ0v) is 19.9. The summed E-state index contributed by atoms with van der Waals surface area (Å²) in [5.41, 5.74) is 1.26. The number of hydrogen-bond acceptors (Lipinski definition) is 8. The molecule has 4 aromatic rings. The van der Waals surface area contributed by atoms with Crippen molar-refractivity contribution in [2.45, 2.75) is 16.2 Å². The van der Waals surface area contributed by atoms with Crippen molar-refractivity contribution >= 4 is 29.6 Å². The number of aromatic hydroxyl groups is 1. The number of benzene rings is 3. The fraction of sp³-hybridized carbons (Fsp3) is 0.0400. The van der Waals surface area contributed by atoms with Gasteiger partial charge in [-0.2, -0.15) is 18.3 Å². The number of carbonyl (C=O) groups is 1. The van der Waals surface area contributed by atoms with E-state index < -0.39 is 28.4 Å². The number of hydrazone groups is 1. The van der Waals surface area contributed by atoms with Crippen LogP contribution in [-0.4, -0.2) is 32.1 Å². The molecular formula is C25H16F3N5O4S. The van der Waals surface area contributed by atoms with Crippen molar-refractivity contribution in [2.75, 3.05) is 0 Å². The van der Waals surface area contributed by atoms with E-state index in [0.717, 1.165) is 18.3 Å². The van der Waals surface area contributed by atoms with Crippen molar-refractivity contribution < 1.29 is 28.0 Å². The third kappa shape index (κ3) is 6.31. The van der Waals surface area contributed by atoms with Gasteiger partial charge in [-0.1, -0.05) is 48.5 Å². The van der Waals surface area contributed by atoms with Gasteiger partial charge in [0.05, 0.1) is 27.3 Å². The zero-order chi connectivity index (χ0) is 27.3. The molecule has 4 rings (SSSR count). The highest BCUT2D eigenvalue weighted by molar-refractivity contribution is 7.99. The largest absolute Gasteiger partial charge is 0.507 e. The Bertz CT molecular complexity index is 1530. The topological polar surface area (TPSA) is 131 Å². The summed E-state index contributed by atoms with van der Waals surface area (Å²) in [7, 11) is 0. The molecule has 0 spiro atoms. The summed E-state index contributed by atoms with van der Waals surface area (Å²) in [5, 5.41) is 24.9. The Labute approximate surface area is 217 Å². The van der Waals surface area contributed by atoms with Crippen LogP contribution in [0.1, 0.15) is 21.6 Å². The first-order chi connectivity index (χ1) is 18.1. The molecule has 9 nitrogen and oxygen atoms in total. The Balaban J connectivity index is 1.60. The minimum atomic E-state index is -4.75. The Kier molecular flexibility index (Phi) is 7.67. The molecule has 1 amide bonds. The van der Waals surface area contributed by atoms with Gasteiger partial charge in [-0.15, -0.1) is 0 Å². The molecule has 13 heteroatoms. The highest BCUT2D eigenvalue weighted by Crippen LogP contribution is 2.37. The van der Waals surface area contributed by atoms with Crippen molar-refractivity contribution in [3.8, 4) is 17.0 Å². The second kappa shape index (κ2) is 11.1. The number of para-hydroxylation sites is 1. The third-order valence-corrected chi connectivity index (χ3v) is 5.91. The van der Waals surface area contributed by atoms with Gasteiger partial charge in [0, 0.05) is 17.2 Å². The van der Waals surface area contributed by atoms with Gasteiger partial charge >= 0.3 is 6.18 Å². The van der Waals surface area contributed by atoms with Crippen LogP contribution in [0.2, 0.25) is 0 Å². The fourth-order valence-corrected chi connectivity index (χ4v) is 4.06. The molecule has 3 aromatic carbocycles. The number of alkyl halides is 3. The molecule has 2 N–H and O–H groups in total. The molecule has 0 aliphatic heterocycles. The van der Waals surface area contributed by atoms with Gasteiger partial charge in [0.2, 0.25) is 0 Å². The number of amides is 1. The molecule has 38 heavy (non-hydrogen) atoms. The standard InChI is InChI=1S/C25H16F3N5O4S/c26-25(27,28)22-13-18(16-6-2-1-3-7-16)30-24(31-22)38-21-11-10-15(12-19(21)33(36)37)14-29-32-23(35)17-8-4-5-9-20(17)34/h1-14,34H,(H,32,35)/b29-14+. The van der Waals surface area contributed by atoms with Gasteiger partial charge in [0.25, 0.3) is 11.6 Å². The normalized spacial score (nSPS) is 11.4. The van der Waals surface area contributed by atoms with Gasteiger partial charge in [0.15, 0.2) is 5.16 Å². The predicted octanol–water partition coefficient (Wildman–Crippen LogP) is 5.69. The van der Waals surface area contributed by atoms with E-state index in [1.807, 2.05) is 0 Å². The molecule has 0 radical (unpaired) electrons. The molecule has 0 bridgehead atoms. The summed E-state index contributed by atoms with van der Waals surface area (Å²) in [6.45, 7) is 0. The molecule has 0 atom stereocenters. The van der Waals surface area contributed by atoms with Crippen LogP contribution in [0, 0.1) is 10.1 Å². The maximum atomic E-state index is 13.5. The molecule has 1 aromatic heterocycles. The summed E-state index contributed by atoms with van der Waals surface area (Å²) < 4.78 is 40.5. The van der Waals surface area contributed by atoms with Crippen molar-refractivity contribution in [3.63, 3.8) is 0 Å². The lowest BCUT2D eigenvalue weighted by Gasteiger charge is -2.11. The first-order valence-electron chi connectivity index (χ1n) is 10.7. The molecule has 0 fully saturated rings. The van der Waals surface area contributed by atoms with E-state index in [-0.39, 0.29) is 32.6 Å². The van der Waals surface area contributed by atoms with Crippen molar-refractivity contribution in [1.82, 2.24) is 15.4 Å². The molecule has 0 aliphatic rings. The number of rotatable bonds is 7. The lowest BCUT2D eigenvalue weighted by molar-refractivity contribution is -0.387. The molecule has 192 valence electrons. The lowest BCUT2D eigenvalue weighted by atomic mass is 10.1. The third-order valence-electron chi connectivity index (χ3n) is 4.97. The number of nitrogens with one attached hydrogen (secondary N) is 1. The number of nitrogens with zero attached hydrogens (tertiary/aromatic N) is 4. The predicted molar refractivity (Wildman–Crippen MR) is 133 cm³/mol. The summed E-state index contributed by atoms with van der Waals surface area (Å²) in [6, 6.07) is 18.7. The van der Waals surface area contributed by atoms with Crippen LogP contribution in [0.5, 0.6) is 5.75 Å². The first-order valence-corrected chi connectivity index (χ1v) is 11.5. The van der Waals surface area contributed by atoms with Crippen molar-refractivity contribution in [3.05, 3.63) is 106 Å². The molecule has 1 heterocycles. The number of phenols is 1. The second-order valence-corrected chi connectivity index (χ2v) is 8.60. The van der Waals surface area contributed by atoms with E-state index in [1.165, 1.54) is 24.3 Å². The summed E-state index contributed by atoms with van der Waals surface area (Å²) in [4.78, 5) is 30.9. The monoisotopic (exact) mass is 539 g/mol. The number of nitro groups is 1. The van der Waals surface area contributed by atoms with Crippen LogP contribution < -0.4 is 5.43 Å². The van der Waals surface area contributed by atoms with Gasteiger partial charge in [-0.25, -0.2) is 15.4 Å². The molecule has 0 aliphatic carbocycles. The Morgan fingerprint density at radius 2 is 1.74 bits per heavy atom. The maximum Gasteiger partial charge on any atom is 0.433 e. The van der Waals surface area contributed by atoms with Crippen molar-refractivity contribution in [2.24, 2.45) is 5.10 Å². The molecule has 0 unspecified atom stereocenters. The average molecular weight is 539 g/mol. The van der Waals surface area contributed by atoms with E-state index >= 15 is 0 Å². The molecule has 0 saturated heterocycles. The smallest absolute Gasteiger partial charge is 0.433 e. The molecular weight excluding hydrogens is 523 g/mol. The van der Waals surface area contributed by atoms with Gasteiger partial charge in [-0.05, 0) is 36.0 Å². The van der Waals surface area contributed by atoms with Crippen LogP contribution in [0.4, 0.5) is 18.9 Å². The van der Waals surface area contributed by atoms with Gasteiger partial charge in [-0.3, -0.25) is 14.9 Å². The van der Waals surface area contributed by atoms with Crippen LogP contribution in [0.25, 0.3) is 11.3 Å². The number of carbonyl (C=O) groups excluding carboxylic acids is 1. The SMILES string of the molecule is O=C(N/N=C/c1ccc(Sc2nc(-c3ccccc3)cc(C(F)(F)F)n2)c([N+](=O)[O-])c1)c1ccccc1O. The minimum absolute atomic E-state index is 0.00345. The minimum Gasteiger partial charge on any atom is -0.507 e. The Morgan fingerprint density at radius 1 is 1.03 bits per heavy atom. The van der Waals surface area contributed by atoms with Crippen molar-refractivity contribution in [1.29, 1.82) is 0 Å². The summed E-state index contributed by atoms with van der Waals surface area (Å²) in [6.07, 6.45) is -3.61. The Hall–Kier alpha value is -4.78. The van der Waals surface area contributed by atoms with E-state index in [9.17, 15) is 33.2 Å². The average Bonchev–Trinajstić information content (AvgIpc) is 2.89. The number of phenolic OH excluding ortho intramolecular Hbond substituents is 1. The van der Waals surface area contributed by atoms with Crippen LogP contribution in [0.3, 0.4) is 0 Å². The maximum absolute atomic E-state index is 13.5. The quantitative estimate of drug-likeness (QED) is 0.133. The van der Waals surface area contributed by atoms with Crippen LogP contribution in [-0.2, 0) is 6.18 Å². The highest BCUT2D eigenvalue weighted by atomic mass is 32.2.